The number of hydrogen-bond acceptors (Lipinski definition) is 5. The largest absolute Gasteiger partial charge is 0.468 e. The highest BCUT2D eigenvalue weighted by Gasteiger charge is 2.21. The fraction of sp³-hybridized carbons (Fsp3) is 0.429. The number of ether oxygens (including phenoxy) is 2. The molecule has 13 heavy (non-hydrogen) atoms. The maximum Gasteiger partial charge on any atom is 0.233 e. The van der Waals surface area contributed by atoms with E-state index in [9.17, 15) is 0 Å². The first-order valence-corrected chi connectivity index (χ1v) is 4.57. The van der Waals surface area contributed by atoms with E-state index in [0.717, 1.165) is 0 Å². The Hall–Kier alpha value is -0.880. The van der Waals surface area contributed by atoms with Crippen LogP contribution in [0.5, 0.6) is 5.88 Å². The molecular formula is C7H8BrN3O2. The second kappa shape index (κ2) is 3.47. The average molecular weight is 246 g/mol. The molecule has 5 nitrogen and oxygen atoms in total. The third-order valence-electron chi connectivity index (χ3n) is 1.62. The quantitative estimate of drug-likeness (QED) is 0.827. The fourth-order valence-corrected chi connectivity index (χ4v) is 1.17. The van der Waals surface area contributed by atoms with Crippen molar-refractivity contribution < 1.29 is 9.47 Å². The highest BCUT2D eigenvalue weighted by molar-refractivity contribution is 9.10. The van der Waals surface area contributed by atoms with Gasteiger partial charge in [-0.15, -0.1) is 0 Å². The van der Waals surface area contributed by atoms with Crippen LogP contribution in [0.2, 0.25) is 0 Å². The van der Waals surface area contributed by atoms with Crippen LogP contribution >= 0.6 is 15.9 Å². The lowest BCUT2D eigenvalue weighted by Crippen LogP contribution is -2.38. The summed E-state index contributed by atoms with van der Waals surface area (Å²) in [6.45, 7) is 1.21. The standard InChI is InChI=1S/C7H8BrN3O2/c8-5-1-10-7(9)11-6(5)13-4-2-12-3-4/h1,4H,2-3H2,(H2,9,10,11). The molecule has 0 atom stereocenters. The lowest BCUT2D eigenvalue weighted by atomic mass is 10.3. The van der Waals surface area contributed by atoms with Gasteiger partial charge in [-0.25, -0.2) is 4.98 Å². The zero-order valence-electron chi connectivity index (χ0n) is 6.74. The molecule has 0 saturated carbocycles. The highest BCUT2D eigenvalue weighted by Crippen LogP contribution is 2.24. The van der Waals surface area contributed by atoms with Crippen LogP contribution in [0, 0.1) is 0 Å². The second-order valence-electron chi connectivity index (χ2n) is 2.66. The molecule has 0 aliphatic carbocycles. The molecule has 1 fully saturated rings. The van der Waals surface area contributed by atoms with Crippen LogP contribution in [-0.4, -0.2) is 29.3 Å². The third kappa shape index (κ3) is 1.89. The smallest absolute Gasteiger partial charge is 0.233 e. The van der Waals surface area contributed by atoms with Crippen molar-refractivity contribution in [2.45, 2.75) is 6.10 Å². The molecule has 1 aliphatic rings. The maximum atomic E-state index is 5.46. The maximum absolute atomic E-state index is 5.46. The molecule has 2 heterocycles. The molecular weight excluding hydrogens is 238 g/mol. The van der Waals surface area contributed by atoms with E-state index < -0.39 is 0 Å². The first-order valence-electron chi connectivity index (χ1n) is 3.78. The van der Waals surface area contributed by atoms with Crippen molar-refractivity contribution in [3.8, 4) is 5.88 Å². The number of halogens is 1. The van der Waals surface area contributed by atoms with Gasteiger partial charge < -0.3 is 15.2 Å². The number of anilines is 1. The topological polar surface area (TPSA) is 70.3 Å². The summed E-state index contributed by atoms with van der Waals surface area (Å²) in [6, 6.07) is 0. The Bertz CT molecular complexity index is 317. The molecule has 0 aromatic carbocycles. The van der Waals surface area contributed by atoms with Crippen molar-refractivity contribution in [1.82, 2.24) is 9.97 Å². The van der Waals surface area contributed by atoms with E-state index in [0.29, 0.717) is 23.6 Å². The van der Waals surface area contributed by atoms with Crippen molar-refractivity contribution in [1.29, 1.82) is 0 Å². The summed E-state index contributed by atoms with van der Waals surface area (Å²) >= 11 is 3.27. The summed E-state index contributed by atoms with van der Waals surface area (Å²) in [5.41, 5.74) is 5.41. The van der Waals surface area contributed by atoms with Crippen LogP contribution in [0.15, 0.2) is 10.7 Å². The van der Waals surface area contributed by atoms with Crippen LogP contribution in [0.3, 0.4) is 0 Å². The Balaban J connectivity index is 2.13. The SMILES string of the molecule is Nc1ncc(Br)c(OC2COC2)n1. The molecule has 1 saturated heterocycles. The molecule has 1 aliphatic heterocycles. The van der Waals surface area contributed by atoms with Gasteiger partial charge in [-0.3, -0.25) is 0 Å². The minimum absolute atomic E-state index is 0.0885. The molecule has 0 spiro atoms. The normalized spacial score (nSPS) is 16.7. The first kappa shape index (κ1) is 8.71. The fourth-order valence-electron chi connectivity index (χ4n) is 0.887. The van der Waals surface area contributed by atoms with Crippen molar-refractivity contribution in [2.75, 3.05) is 18.9 Å². The Morgan fingerprint density at radius 3 is 3.00 bits per heavy atom. The van der Waals surface area contributed by atoms with Gasteiger partial charge in [-0.05, 0) is 15.9 Å². The minimum atomic E-state index is 0.0885. The molecule has 2 rings (SSSR count). The number of nitrogens with two attached hydrogens (primary N) is 1. The Labute approximate surface area is 83.4 Å². The van der Waals surface area contributed by atoms with Gasteiger partial charge in [0, 0.05) is 0 Å². The molecule has 0 bridgehead atoms. The number of nitrogens with zero attached hydrogens (tertiary/aromatic N) is 2. The predicted octanol–water partition coefficient (Wildman–Crippen LogP) is 0.599. The van der Waals surface area contributed by atoms with Crippen molar-refractivity contribution in [3.63, 3.8) is 0 Å². The monoisotopic (exact) mass is 245 g/mol. The lowest BCUT2D eigenvalue weighted by molar-refractivity contribution is -0.0816. The van der Waals surface area contributed by atoms with Gasteiger partial charge in [0.2, 0.25) is 11.8 Å². The van der Waals surface area contributed by atoms with Crippen molar-refractivity contribution >= 4 is 21.9 Å². The van der Waals surface area contributed by atoms with Gasteiger partial charge in [0.1, 0.15) is 6.10 Å². The molecule has 6 heteroatoms. The molecule has 0 unspecified atom stereocenters. The summed E-state index contributed by atoms with van der Waals surface area (Å²) < 4.78 is 11.1. The van der Waals surface area contributed by atoms with Gasteiger partial charge >= 0.3 is 0 Å². The average Bonchev–Trinajstić information content (AvgIpc) is 2.03. The zero-order chi connectivity index (χ0) is 9.26. The van der Waals surface area contributed by atoms with Crippen LogP contribution in [0.25, 0.3) is 0 Å². The number of hydrogen-bond donors (Lipinski definition) is 1. The Kier molecular flexibility index (Phi) is 2.32. The molecule has 70 valence electrons. The minimum Gasteiger partial charge on any atom is -0.468 e. The molecule has 0 amide bonds. The summed E-state index contributed by atoms with van der Waals surface area (Å²) in [6.07, 6.45) is 1.66. The van der Waals surface area contributed by atoms with Crippen molar-refractivity contribution in [3.05, 3.63) is 10.7 Å². The van der Waals surface area contributed by atoms with Gasteiger partial charge in [0.15, 0.2) is 0 Å². The Morgan fingerprint density at radius 1 is 1.62 bits per heavy atom. The van der Waals surface area contributed by atoms with Crippen LogP contribution in [0.1, 0.15) is 0 Å². The summed E-state index contributed by atoms with van der Waals surface area (Å²) in [5, 5.41) is 0. The first-order chi connectivity index (χ1) is 6.25. The van der Waals surface area contributed by atoms with E-state index in [1.165, 1.54) is 0 Å². The van der Waals surface area contributed by atoms with E-state index in [1.807, 2.05) is 0 Å². The Morgan fingerprint density at radius 2 is 2.38 bits per heavy atom. The third-order valence-corrected chi connectivity index (χ3v) is 2.16. The van der Waals surface area contributed by atoms with Gasteiger partial charge in [0.25, 0.3) is 0 Å². The van der Waals surface area contributed by atoms with Gasteiger partial charge in [-0.2, -0.15) is 4.98 Å². The summed E-state index contributed by atoms with van der Waals surface area (Å²) in [7, 11) is 0. The second-order valence-corrected chi connectivity index (χ2v) is 3.51. The van der Waals surface area contributed by atoms with E-state index >= 15 is 0 Å². The number of rotatable bonds is 2. The summed E-state index contributed by atoms with van der Waals surface area (Å²) in [4.78, 5) is 7.74. The van der Waals surface area contributed by atoms with Gasteiger partial charge in [0.05, 0.1) is 23.9 Å². The van der Waals surface area contributed by atoms with Crippen LogP contribution in [-0.2, 0) is 4.74 Å². The van der Waals surface area contributed by atoms with E-state index in [4.69, 9.17) is 15.2 Å². The molecule has 2 N–H and O–H groups in total. The van der Waals surface area contributed by atoms with E-state index in [-0.39, 0.29) is 12.1 Å². The van der Waals surface area contributed by atoms with Crippen LogP contribution < -0.4 is 10.5 Å². The number of aromatic nitrogens is 2. The van der Waals surface area contributed by atoms with Crippen LogP contribution in [0.4, 0.5) is 5.95 Å². The number of nitrogen functional groups attached to an aromatic ring is 1. The predicted molar refractivity (Wildman–Crippen MR) is 49.4 cm³/mol. The van der Waals surface area contributed by atoms with Crippen molar-refractivity contribution in [2.24, 2.45) is 0 Å². The lowest BCUT2D eigenvalue weighted by Gasteiger charge is -2.26. The molecule has 1 aromatic rings. The van der Waals surface area contributed by atoms with E-state index in [2.05, 4.69) is 25.9 Å². The highest BCUT2D eigenvalue weighted by atomic mass is 79.9. The molecule has 0 radical (unpaired) electrons. The summed E-state index contributed by atoms with van der Waals surface area (Å²) in [5.74, 6) is 0.680. The zero-order valence-corrected chi connectivity index (χ0v) is 8.32. The van der Waals surface area contributed by atoms with E-state index in [1.54, 1.807) is 6.20 Å². The van der Waals surface area contributed by atoms with Gasteiger partial charge in [-0.1, -0.05) is 0 Å². The molecule has 1 aromatic heterocycles.